The molecule has 2 aromatic carbocycles. The molecule has 1 heterocycles. The largest absolute Gasteiger partial charge is 0.481 e. The van der Waals surface area contributed by atoms with Crippen LogP contribution in [0.15, 0.2) is 53.9 Å². The fourth-order valence-electron chi connectivity index (χ4n) is 2.65. The molecule has 0 bridgehead atoms. The second kappa shape index (κ2) is 9.66. The van der Waals surface area contributed by atoms with E-state index in [2.05, 4.69) is 20.9 Å². The van der Waals surface area contributed by atoms with Crippen LogP contribution in [-0.4, -0.2) is 28.0 Å². The molecule has 0 aliphatic carbocycles. The number of aromatic nitrogens is 1. The van der Waals surface area contributed by atoms with Crippen molar-refractivity contribution in [1.82, 2.24) is 4.98 Å². The van der Waals surface area contributed by atoms with Crippen LogP contribution in [0.2, 0.25) is 0 Å². The average Bonchev–Trinajstić information content (AvgIpc) is 3.11. The molecule has 0 spiro atoms. The Balaban J connectivity index is 1.50. The van der Waals surface area contributed by atoms with Gasteiger partial charge in [0.15, 0.2) is 5.13 Å². The number of rotatable bonds is 7. The molecule has 0 saturated heterocycles. The zero-order valence-electron chi connectivity index (χ0n) is 16.1. The van der Waals surface area contributed by atoms with Crippen molar-refractivity contribution in [3.8, 4) is 0 Å². The van der Waals surface area contributed by atoms with Crippen molar-refractivity contribution in [2.75, 3.05) is 16.0 Å². The highest BCUT2D eigenvalue weighted by Gasteiger charge is 2.10. The number of amides is 3. The Morgan fingerprint density at radius 3 is 2.40 bits per heavy atom. The zero-order valence-corrected chi connectivity index (χ0v) is 17.0. The van der Waals surface area contributed by atoms with Gasteiger partial charge in [0.05, 0.1) is 18.5 Å². The van der Waals surface area contributed by atoms with Crippen molar-refractivity contribution in [2.24, 2.45) is 0 Å². The van der Waals surface area contributed by atoms with Crippen LogP contribution in [0.25, 0.3) is 0 Å². The molecule has 3 rings (SSSR count). The topological polar surface area (TPSA) is 120 Å². The highest BCUT2D eigenvalue weighted by Crippen LogP contribution is 2.17. The molecule has 0 unspecified atom stereocenters. The second-order valence-electron chi connectivity index (χ2n) is 6.53. The minimum Gasteiger partial charge on any atom is -0.481 e. The third-order valence-corrected chi connectivity index (χ3v) is 4.91. The standard InChI is InChI=1S/C21H20N4O4S/c1-13-4-2-3-5-17(13)24-20(29)22-15-8-6-14(7-9-15)10-18(26)25-21-23-16(12-30-21)11-19(27)28/h2-9,12H,10-11H2,1H3,(H,27,28)(H2,22,24,29)(H,23,25,26). The molecule has 4 N–H and O–H groups in total. The van der Waals surface area contributed by atoms with Crippen molar-refractivity contribution >= 4 is 45.8 Å². The number of carboxylic acids is 1. The van der Waals surface area contributed by atoms with Gasteiger partial charge in [-0.2, -0.15) is 0 Å². The first-order valence-corrected chi connectivity index (χ1v) is 9.95. The van der Waals surface area contributed by atoms with Gasteiger partial charge in [0.2, 0.25) is 5.91 Å². The molecule has 0 atom stereocenters. The van der Waals surface area contributed by atoms with E-state index in [9.17, 15) is 14.4 Å². The SMILES string of the molecule is Cc1ccccc1NC(=O)Nc1ccc(CC(=O)Nc2nc(CC(=O)O)cs2)cc1. The molecule has 0 saturated carbocycles. The fourth-order valence-corrected chi connectivity index (χ4v) is 3.38. The van der Waals surface area contributed by atoms with Crippen LogP contribution in [0.5, 0.6) is 0 Å². The number of hydrogen-bond acceptors (Lipinski definition) is 5. The molecule has 3 amide bonds. The van der Waals surface area contributed by atoms with Crippen molar-refractivity contribution in [3.63, 3.8) is 0 Å². The number of hydrogen-bond donors (Lipinski definition) is 4. The summed E-state index contributed by atoms with van der Waals surface area (Å²) in [5.74, 6) is -1.23. The quantitative estimate of drug-likeness (QED) is 0.458. The summed E-state index contributed by atoms with van der Waals surface area (Å²) in [5.41, 5.74) is 3.46. The van der Waals surface area contributed by atoms with Crippen LogP contribution in [-0.2, 0) is 22.4 Å². The van der Waals surface area contributed by atoms with E-state index < -0.39 is 5.97 Å². The lowest BCUT2D eigenvalue weighted by molar-refractivity contribution is -0.136. The summed E-state index contributed by atoms with van der Waals surface area (Å²) in [4.78, 5) is 39.1. The summed E-state index contributed by atoms with van der Waals surface area (Å²) in [7, 11) is 0. The van der Waals surface area contributed by atoms with Gasteiger partial charge in [0.25, 0.3) is 0 Å². The van der Waals surface area contributed by atoms with Crippen molar-refractivity contribution in [2.45, 2.75) is 19.8 Å². The first kappa shape index (κ1) is 21.0. The molecule has 8 nitrogen and oxygen atoms in total. The van der Waals surface area contributed by atoms with E-state index in [0.717, 1.165) is 16.8 Å². The summed E-state index contributed by atoms with van der Waals surface area (Å²) < 4.78 is 0. The molecule has 0 fully saturated rings. The number of thiazole rings is 1. The van der Waals surface area contributed by atoms with Gasteiger partial charge in [0, 0.05) is 16.8 Å². The first-order chi connectivity index (χ1) is 14.4. The number of urea groups is 1. The fraction of sp³-hybridized carbons (Fsp3) is 0.143. The number of nitrogens with one attached hydrogen (secondary N) is 3. The third-order valence-electron chi connectivity index (χ3n) is 4.10. The van der Waals surface area contributed by atoms with Gasteiger partial charge in [-0.15, -0.1) is 11.3 Å². The van der Waals surface area contributed by atoms with E-state index in [-0.39, 0.29) is 24.8 Å². The lowest BCUT2D eigenvalue weighted by atomic mass is 10.1. The highest BCUT2D eigenvalue weighted by molar-refractivity contribution is 7.13. The normalized spacial score (nSPS) is 10.3. The first-order valence-electron chi connectivity index (χ1n) is 9.07. The van der Waals surface area contributed by atoms with Crippen LogP contribution in [0.1, 0.15) is 16.8 Å². The number of nitrogens with zero attached hydrogens (tertiary/aromatic N) is 1. The van der Waals surface area contributed by atoms with Gasteiger partial charge in [-0.3, -0.25) is 9.59 Å². The van der Waals surface area contributed by atoms with Crippen LogP contribution in [0.3, 0.4) is 0 Å². The third kappa shape index (κ3) is 6.14. The lowest BCUT2D eigenvalue weighted by Gasteiger charge is -2.10. The van der Waals surface area contributed by atoms with Crippen LogP contribution >= 0.6 is 11.3 Å². The summed E-state index contributed by atoms with van der Waals surface area (Å²) in [6, 6.07) is 14.1. The van der Waals surface area contributed by atoms with Crippen LogP contribution < -0.4 is 16.0 Å². The van der Waals surface area contributed by atoms with Crippen LogP contribution in [0, 0.1) is 6.92 Å². The van der Waals surface area contributed by atoms with E-state index in [1.165, 1.54) is 11.3 Å². The maximum absolute atomic E-state index is 12.2. The molecule has 0 aliphatic rings. The summed E-state index contributed by atoms with van der Waals surface area (Å²) in [6.45, 7) is 1.91. The Hall–Kier alpha value is -3.72. The molecule has 154 valence electrons. The number of aliphatic carboxylic acids is 1. The molecule has 0 aliphatic heterocycles. The smallest absolute Gasteiger partial charge is 0.323 e. The van der Waals surface area contributed by atoms with Gasteiger partial charge in [0.1, 0.15) is 0 Å². The Labute approximate surface area is 177 Å². The Morgan fingerprint density at radius 2 is 1.70 bits per heavy atom. The van der Waals surface area contributed by atoms with Crippen LogP contribution in [0.4, 0.5) is 21.3 Å². The zero-order chi connectivity index (χ0) is 21.5. The molecule has 9 heteroatoms. The summed E-state index contributed by atoms with van der Waals surface area (Å²) in [6.07, 6.45) is -0.0538. The highest BCUT2D eigenvalue weighted by atomic mass is 32.1. The Morgan fingerprint density at radius 1 is 0.967 bits per heavy atom. The Bertz CT molecular complexity index is 1060. The molecule has 3 aromatic rings. The second-order valence-corrected chi connectivity index (χ2v) is 7.39. The molecular weight excluding hydrogens is 404 g/mol. The van der Waals surface area contributed by atoms with E-state index in [4.69, 9.17) is 5.11 Å². The van der Waals surface area contributed by atoms with Gasteiger partial charge >= 0.3 is 12.0 Å². The number of carbonyl (C=O) groups is 3. The van der Waals surface area contributed by atoms with E-state index in [1.807, 2.05) is 31.2 Å². The lowest BCUT2D eigenvalue weighted by Crippen LogP contribution is -2.20. The minimum atomic E-state index is -0.973. The van der Waals surface area contributed by atoms with Crippen molar-refractivity contribution in [1.29, 1.82) is 0 Å². The Kier molecular flexibility index (Phi) is 6.76. The average molecular weight is 424 g/mol. The maximum Gasteiger partial charge on any atom is 0.323 e. The van der Waals surface area contributed by atoms with E-state index >= 15 is 0 Å². The monoisotopic (exact) mass is 424 g/mol. The van der Waals surface area contributed by atoms with Gasteiger partial charge in [-0.1, -0.05) is 30.3 Å². The van der Waals surface area contributed by atoms with Gasteiger partial charge < -0.3 is 21.1 Å². The number of benzene rings is 2. The number of carboxylic acid groups (broad SMARTS) is 1. The van der Waals surface area contributed by atoms with Gasteiger partial charge in [-0.05, 0) is 36.2 Å². The summed E-state index contributed by atoms with van der Waals surface area (Å²) in [5, 5.41) is 18.9. The number of carbonyl (C=O) groups excluding carboxylic acids is 2. The van der Waals surface area contributed by atoms with E-state index in [0.29, 0.717) is 16.5 Å². The number of aryl methyl sites for hydroxylation is 1. The molecule has 0 radical (unpaired) electrons. The van der Waals surface area contributed by atoms with Gasteiger partial charge in [-0.25, -0.2) is 9.78 Å². The predicted octanol–water partition coefficient (Wildman–Crippen LogP) is 3.90. The minimum absolute atomic E-state index is 0.129. The van der Waals surface area contributed by atoms with E-state index in [1.54, 1.807) is 29.6 Å². The molecule has 1 aromatic heterocycles. The molecular formula is C21H20N4O4S. The number of anilines is 3. The van der Waals surface area contributed by atoms with Crippen molar-refractivity contribution < 1.29 is 19.5 Å². The maximum atomic E-state index is 12.2. The summed E-state index contributed by atoms with van der Waals surface area (Å²) >= 11 is 1.18. The van der Waals surface area contributed by atoms with Crippen molar-refractivity contribution in [3.05, 3.63) is 70.7 Å². The predicted molar refractivity (Wildman–Crippen MR) is 116 cm³/mol. The number of para-hydroxylation sites is 1. The molecule has 30 heavy (non-hydrogen) atoms.